The minimum Gasteiger partial charge on any atom is -0.335 e. The number of amides is 1. The van der Waals surface area contributed by atoms with Crippen LogP contribution in [-0.4, -0.2) is 21.6 Å². The van der Waals surface area contributed by atoms with Gasteiger partial charge in [0, 0.05) is 6.20 Å². The normalized spacial score (nSPS) is 10.5. The van der Waals surface area contributed by atoms with Crippen molar-refractivity contribution < 1.29 is 4.79 Å². The first kappa shape index (κ1) is 9.33. The molecular formula is C9H11N3O. The summed E-state index contributed by atoms with van der Waals surface area (Å²) in [4.78, 5) is 11.4. The average Bonchev–Trinajstić information content (AvgIpc) is 2.55. The molecule has 0 saturated carbocycles. The van der Waals surface area contributed by atoms with Gasteiger partial charge in [-0.1, -0.05) is 5.92 Å². The van der Waals surface area contributed by atoms with Crippen LogP contribution in [0, 0.1) is 12.3 Å². The second-order valence-electron chi connectivity index (χ2n) is 3.19. The minimum absolute atomic E-state index is 0.250. The fourth-order valence-corrected chi connectivity index (χ4v) is 0.770. The van der Waals surface area contributed by atoms with Gasteiger partial charge in [-0.3, -0.25) is 9.89 Å². The number of nitrogens with zero attached hydrogens (tertiary/aromatic N) is 1. The first-order valence-corrected chi connectivity index (χ1v) is 3.85. The lowest BCUT2D eigenvalue weighted by molar-refractivity contribution is 0.0925. The number of nitrogens with one attached hydrogen (secondary N) is 2. The molecule has 0 aliphatic rings. The van der Waals surface area contributed by atoms with E-state index >= 15 is 0 Å². The van der Waals surface area contributed by atoms with Gasteiger partial charge in [0.2, 0.25) is 0 Å². The molecule has 0 aliphatic heterocycles. The van der Waals surface area contributed by atoms with Crippen molar-refractivity contribution in [1.82, 2.24) is 15.5 Å². The molecule has 1 heterocycles. The second kappa shape index (κ2) is 3.31. The lowest BCUT2D eigenvalue weighted by atomic mass is 10.1. The summed E-state index contributed by atoms with van der Waals surface area (Å²) >= 11 is 0. The molecule has 1 aromatic rings. The highest BCUT2D eigenvalue weighted by Gasteiger charge is 2.18. The summed E-state index contributed by atoms with van der Waals surface area (Å²) in [6.07, 6.45) is 6.73. The van der Waals surface area contributed by atoms with E-state index in [0.717, 1.165) is 0 Å². The van der Waals surface area contributed by atoms with E-state index in [4.69, 9.17) is 6.42 Å². The number of terminal acetylenes is 1. The SMILES string of the molecule is C#CC(C)(C)NC(=O)c1ccn[nH]1. The molecule has 0 unspecified atom stereocenters. The smallest absolute Gasteiger partial charge is 0.270 e. The van der Waals surface area contributed by atoms with Gasteiger partial charge in [-0.25, -0.2) is 0 Å². The maximum Gasteiger partial charge on any atom is 0.270 e. The summed E-state index contributed by atoms with van der Waals surface area (Å²) < 4.78 is 0. The molecule has 0 radical (unpaired) electrons. The summed E-state index contributed by atoms with van der Waals surface area (Å²) in [5.41, 5.74) is -0.231. The third-order valence-corrected chi connectivity index (χ3v) is 1.53. The number of rotatable bonds is 2. The van der Waals surface area contributed by atoms with Crippen LogP contribution < -0.4 is 5.32 Å². The number of H-pyrrole nitrogens is 1. The van der Waals surface area contributed by atoms with Crippen molar-refractivity contribution in [3.63, 3.8) is 0 Å². The summed E-state index contributed by atoms with van der Waals surface area (Å²) in [6, 6.07) is 1.59. The fourth-order valence-electron chi connectivity index (χ4n) is 0.770. The predicted molar refractivity (Wildman–Crippen MR) is 49.0 cm³/mol. The molecular weight excluding hydrogens is 166 g/mol. The molecule has 2 N–H and O–H groups in total. The molecule has 13 heavy (non-hydrogen) atoms. The van der Waals surface area contributed by atoms with Crippen molar-refractivity contribution in [2.24, 2.45) is 0 Å². The molecule has 0 aromatic carbocycles. The summed E-state index contributed by atoms with van der Waals surface area (Å²) in [6.45, 7) is 3.50. The van der Waals surface area contributed by atoms with Crippen molar-refractivity contribution >= 4 is 5.91 Å². The van der Waals surface area contributed by atoms with E-state index in [2.05, 4.69) is 21.4 Å². The van der Waals surface area contributed by atoms with Crippen LogP contribution in [0.4, 0.5) is 0 Å². The number of aromatic amines is 1. The maximum atomic E-state index is 11.4. The zero-order chi connectivity index (χ0) is 9.90. The molecule has 0 saturated heterocycles. The van der Waals surface area contributed by atoms with Gasteiger partial charge in [0.25, 0.3) is 5.91 Å². The van der Waals surface area contributed by atoms with Crippen LogP contribution >= 0.6 is 0 Å². The molecule has 4 nitrogen and oxygen atoms in total. The van der Waals surface area contributed by atoms with Crippen LogP contribution in [0.25, 0.3) is 0 Å². The Bertz CT molecular complexity index is 332. The monoisotopic (exact) mass is 177 g/mol. The van der Waals surface area contributed by atoms with Gasteiger partial charge in [-0.05, 0) is 19.9 Å². The Hall–Kier alpha value is -1.76. The first-order valence-electron chi connectivity index (χ1n) is 3.85. The van der Waals surface area contributed by atoms with E-state index in [-0.39, 0.29) is 5.91 Å². The van der Waals surface area contributed by atoms with Crippen LogP contribution in [0.1, 0.15) is 24.3 Å². The van der Waals surface area contributed by atoms with Crippen LogP contribution in [0.3, 0.4) is 0 Å². The van der Waals surface area contributed by atoms with E-state index in [1.54, 1.807) is 19.9 Å². The summed E-state index contributed by atoms with van der Waals surface area (Å²) in [5.74, 6) is 2.22. The maximum absolute atomic E-state index is 11.4. The van der Waals surface area contributed by atoms with E-state index in [9.17, 15) is 4.79 Å². The van der Waals surface area contributed by atoms with Crippen LogP contribution in [-0.2, 0) is 0 Å². The molecule has 0 aliphatic carbocycles. The molecule has 4 heteroatoms. The topological polar surface area (TPSA) is 57.8 Å². The van der Waals surface area contributed by atoms with E-state index in [1.807, 2.05) is 0 Å². The van der Waals surface area contributed by atoms with Crippen molar-refractivity contribution in [3.8, 4) is 12.3 Å². The highest BCUT2D eigenvalue weighted by molar-refractivity contribution is 5.92. The molecule has 68 valence electrons. The Morgan fingerprint density at radius 3 is 2.92 bits per heavy atom. The van der Waals surface area contributed by atoms with Crippen molar-refractivity contribution in [2.45, 2.75) is 19.4 Å². The van der Waals surface area contributed by atoms with Crippen molar-refractivity contribution in [2.75, 3.05) is 0 Å². The molecule has 1 rings (SSSR count). The predicted octanol–water partition coefficient (Wildman–Crippen LogP) is 0.551. The highest BCUT2D eigenvalue weighted by Crippen LogP contribution is 2.01. The molecule has 0 atom stereocenters. The van der Waals surface area contributed by atoms with Gasteiger partial charge in [-0.2, -0.15) is 5.10 Å². The molecule has 1 aromatic heterocycles. The fraction of sp³-hybridized carbons (Fsp3) is 0.333. The van der Waals surface area contributed by atoms with Gasteiger partial charge < -0.3 is 5.32 Å². The Labute approximate surface area is 76.7 Å². The molecule has 0 fully saturated rings. The Morgan fingerprint density at radius 2 is 2.46 bits per heavy atom. The molecule has 0 bridgehead atoms. The standard InChI is InChI=1S/C9H11N3O/c1-4-9(2,3)11-8(13)7-5-6-10-12-7/h1,5-6H,2-3H3,(H,10,12)(H,11,13). The van der Waals surface area contributed by atoms with Gasteiger partial charge >= 0.3 is 0 Å². The van der Waals surface area contributed by atoms with Crippen molar-refractivity contribution in [1.29, 1.82) is 0 Å². The lowest BCUT2D eigenvalue weighted by Gasteiger charge is -2.18. The number of aromatic nitrogens is 2. The molecule has 0 spiro atoms. The van der Waals surface area contributed by atoms with E-state index in [1.165, 1.54) is 6.20 Å². The quantitative estimate of drug-likeness (QED) is 0.648. The van der Waals surface area contributed by atoms with Gasteiger partial charge in [-0.15, -0.1) is 6.42 Å². The van der Waals surface area contributed by atoms with Crippen molar-refractivity contribution in [3.05, 3.63) is 18.0 Å². The van der Waals surface area contributed by atoms with E-state index in [0.29, 0.717) is 5.69 Å². The Kier molecular flexibility index (Phi) is 2.38. The number of hydrogen-bond acceptors (Lipinski definition) is 2. The zero-order valence-corrected chi connectivity index (χ0v) is 7.59. The number of hydrogen-bond donors (Lipinski definition) is 2. The molecule has 1 amide bonds. The third-order valence-electron chi connectivity index (χ3n) is 1.53. The summed E-state index contributed by atoms with van der Waals surface area (Å²) in [5, 5.41) is 8.88. The first-order chi connectivity index (χ1) is 6.05. The van der Waals surface area contributed by atoms with E-state index < -0.39 is 5.54 Å². The largest absolute Gasteiger partial charge is 0.335 e. The Morgan fingerprint density at radius 1 is 1.77 bits per heavy atom. The lowest BCUT2D eigenvalue weighted by Crippen LogP contribution is -2.42. The average molecular weight is 177 g/mol. The van der Waals surface area contributed by atoms with Crippen LogP contribution in [0.5, 0.6) is 0 Å². The summed E-state index contributed by atoms with van der Waals surface area (Å²) in [7, 11) is 0. The second-order valence-corrected chi connectivity index (χ2v) is 3.19. The minimum atomic E-state index is -0.637. The van der Waals surface area contributed by atoms with Crippen LogP contribution in [0.2, 0.25) is 0 Å². The third kappa shape index (κ3) is 2.34. The Balaban J connectivity index is 2.68. The highest BCUT2D eigenvalue weighted by atomic mass is 16.2. The van der Waals surface area contributed by atoms with Gasteiger partial charge in [0.1, 0.15) is 5.69 Å². The zero-order valence-electron chi connectivity index (χ0n) is 7.59. The number of carbonyl (C=O) groups is 1. The van der Waals surface area contributed by atoms with Crippen LogP contribution in [0.15, 0.2) is 12.3 Å². The van der Waals surface area contributed by atoms with Gasteiger partial charge in [0.15, 0.2) is 0 Å². The van der Waals surface area contributed by atoms with Gasteiger partial charge in [0.05, 0.1) is 5.54 Å². The number of carbonyl (C=O) groups excluding carboxylic acids is 1.